The van der Waals surface area contributed by atoms with Crippen LogP contribution in [0.15, 0.2) is 12.4 Å². The van der Waals surface area contributed by atoms with E-state index in [0.29, 0.717) is 6.54 Å². The van der Waals surface area contributed by atoms with Crippen molar-refractivity contribution in [2.75, 3.05) is 6.61 Å². The van der Waals surface area contributed by atoms with Gasteiger partial charge in [-0.1, -0.05) is 0 Å². The Labute approximate surface area is 94.6 Å². The highest BCUT2D eigenvalue weighted by Crippen LogP contribution is 2.20. The third-order valence-corrected chi connectivity index (χ3v) is 2.93. The van der Waals surface area contributed by atoms with Crippen LogP contribution in [0, 0.1) is 5.92 Å². The van der Waals surface area contributed by atoms with Crippen LogP contribution in [0.3, 0.4) is 0 Å². The number of aromatic nitrogens is 2. The maximum atomic E-state index is 11.9. The fourth-order valence-corrected chi connectivity index (χ4v) is 1.96. The van der Waals surface area contributed by atoms with Gasteiger partial charge in [0.25, 0.3) is 0 Å². The summed E-state index contributed by atoms with van der Waals surface area (Å²) < 4.78 is 5.46. The van der Waals surface area contributed by atoms with E-state index in [0.717, 1.165) is 25.3 Å². The Morgan fingerprint density at radius 2 is 2.62 bits per heavy atom. The summed E-state index contributed by atoms with van der Waals surface area (Å²) in [5, 5.41) is 2.87. The van der Waals surface area contributed by atoms with Crippen LogP contribution >= 0.6 is 0 Å². The van der Waals surface area contributed by atoms with Crippen LogP contribution in [0.5, 0.6) is 0 Å². The number of aromatic amines is 1. The predicted molar refractivity (Wildman–Crippen MR) is 58.6 cm³/mol. The first-order valence-electron chi connectivity index (χ1n) is 5.65. The normalized spacial score (nSPS) is 25.3. The Morgan fingerprint density at radius 1 is 1.75 bits per heavy atom. The number of ether oxygens (including phenoxy) is 1. The summed E-state index contributed by atoms with van der Waals surface area (Å²) in [6.45, 7) is 3.18. The number of H-pyrrole nitrogens is 1. The van der Waals surface area contributed by atoms with Crippen molar-refractivity contribution in [1.29, 1.82) is 0 Å². The summed E-state index contributed by atoms with van der Waals surface area (Å²) in [6, 6.07) is 0. The minimum atomic E-state index is -0.0243. The third-order valence-electron chi connectivity index (χ3n) is 2.93. The molecule has 1 aliphatic rings. The summed E-state index contributed by atoms with van der Waals surface area (Å²) >= 11 is 0. The quantitative estimate of drug-likeness (QED) is 0.798. The molecule has 1 aromatic rings. The molecule has 0 spiro atoms. The number of carbonyl (C=O) groups excluding carboxylic acids is 1. The third kappa shape index (κ3) is 2.61. The van der Waals surface area contributed by atoms with Gasteiger partial charge in [-0.3, -0.25) is 4.79 Å². The van der Waals surface area contributed by atoms with Crippen molar-refractivity contribution in [3.63, 3.8) is 0 Å². The van der Waals surface area contributed by atoms with Crippen molar-refractivity contribution in [3.05, 3.63) is 18.2 Å². The van der Waals surface area contributed by atoms with E-state index in [2.05, 4.69) is 15.3 Å². The lowest BCUT2D eigenvalue weighted by atomic mass is 9.94. The van der Waals surface area contributed by atoms with E-state index in [-0.39, 0.29) is 17.9 Å². The minimum Gasteiger partial charge on any atom is -0.378 e. The van der Waals surface area contributed by atoms with Gasteiger partial charge in [0.2, 0.25) is 5.91 Å². The molecule has 16 heavy (non-hydrogen) atoms. The molecule has 2 rings (SSSR count). The number of nitrogens with zero attached hydrogens (tertiary/aromatic N) is 1. The van der Waals surface area contributed by atoms with Crippen LogP contribution < -0.4 is 5.32 Å². The summed E-state index contributed by atoms with van der Waals surface area (Å²) in [5.74, 6) is 0.810. The summed E-state index contributed by atoms with van der Waals surface area (Å²) in [7, 11) is 0. The molecule has 0 unspecified atom stereocenters. The topological polar surface area (TPSA) is 67.0 Å². The Morgan fingerprint density at radius 3 is 3.31 bits per heavy atom. The highest BCUT2D eigenvalue weighted by molar-refractivity contribution is 5.79. The number of amides is 1. The van der Waals surface area contributed by atoms with Gasteiger partial charge in [0.1, 0.15) is 5.82 Å². The van der Waals surface area contributed by atoms with Crippen LogP contribution in [0.25, 0.3) is 0 Å². The molecular formula is C11H17N3O2. The van der Waals surface area contributed by atoms with Crippen molar-refractivity contribution < 1.29 is 9.53 Å². The van der Waals surface area contributed by atoms with E-state index < -0.39 is 0 Å². The largest absolute Gasteiger partial charge is 0.378 e. The molecule has 1 amide bonds. The van der Waals surface area contributed by atoms with Gasteiger partial charge in [0.15, 0.2) is 0 Å². The van der Waals surface area contributed by atoms with Crippen molar-refractivity contribution in [3.8, 4) is 0 Å². The SMILES string of the molecule is C[C@@H]1OCCC[C@@H]1C(=O)NCc1ncc[nH]1. The van der Waals surface area contributed by atoms with Crippen LogP contribution in [-0.2, 0) is 16.1 Å². The lowest BCUT2D eigenvalue weighted by Crippen LogP contribution is -2.40. The van der Waals surface area contributed by atoms with Gasteiger partial charge >= 0.3 is 0 Å². The first-order chi connectivity index (χ1) is 7.77. The smallest absolute Gasteiger partial charge is 0.226 e. The average Bonchev–Trinajstić information content (AvgIpc) is 2.79. The van der Waals surface area contributed by atoms with Gasteiger partial charge in [-0.15, -0.1) is 0 Å². The number of hydrogen-bond donors (Lipinski definition) is 2. The van der Waals surface area contributed by atoms with Crippen molar-refractivity contribution >= 4 is 5.91 Å². The van der Waals surface area contributed by atoms with E-state index in [9.17, 15) is 4.79 Å². The molecule has 1 fully saturated rings. The van der Waals surface area contributed by atoms with Gasteiger partial charge < -0.3 is 15.0 Å². The average molecular weight is 223 g/mol. The number of hydrogen-bond acceptors (Lipinski definition) is 3. The molecule has 0 bridgehead atoms. The number of imidazole rings is 1. The van der Waals surface area contributed by atoms with Crippen LogP contribution in [0.1, 0.15) is 25.6 Å². The molecule has 0 aromatic carbocycles. The molecule has 5 nitrogen and oxygen atoms in total. The van der Waals surface area contributed by atoms with E-state index >= 15 is 0 Å². The monoisotopic (exact) mass is 223 g/mol. The molecule has 5 heteroatoms. The van der Waals surface area contributed by atoms with E-state index in [1.807, 2.05) is 6.92 Å². The second-order valence-corrected chi connectivity index (χ2v) is 4.08. The zero-order valence-corrected chi connectivity index (χ0v) is 9.40. The van der Waals surface area contributed by atoms with Crippen LogP contribution in [0.4, 0.5) is 0 Å². The number of carbonyl (C=O) groups is 1. The maximum absolute atomic E-state index is 11.9. The second kappa shape index (κ2) is 5.12. The first-order valence-corrected chi connectivity index (χ1v) is 5.65. The van der Waals surface area contributed by atoms with Crippen molar-refractivity contribution in [1.82, 2.24) is 15.3 Å². The summed E-state index contributed by atoms with van der Waals surface area (Å²) in [4.78, 5) is 18.9. The van der Waals surface area contributed by atoms with Gasteiger partial charge in [-0.05, 0) is 19.8 Å². The Balaban J connectivity index is 1.83. The van der Waals surface area contributed by atoms with Crippen molar-refractivity contribution in [2.24, 2.45) is 5.92 Å². The first kappa shape index (κ1) is 11.1. The van der Waals surface area contributed by atoms with E-state index in [1.54, 1.807) is 12.4 Å². The molecule has 2 N–H and O–H groups in total. The fourth-order valence-electron chi connectivity index (χ4n) is 1.96. The van der Waals surface area contributed by atoms with Gasteiger partial charge in [-0.2, -0.15) is 0 Å². The zero-order valence-electron chi connectivity index (χ0n) is 9.40. The molecule has 88 valence electrons. The van der Waals surface area contributed by atoms with Crippen LogP contribution in [0.2, 0.25) is 0 Å². The molecule has 1 saturated heterocycles. The standard InChI is InChI=1S/C11H17N3O2/c1-8-9(3-2-6-16-8)11(15)14-7-10-12-4-5-13-10/h4-5,8-9H,2-3,6-7H2,1H3,(H,12,13)(H,14,15)/t8-,9-/m0/s1. The highest BCUT2D eigenvalue weighted by Gasteiger charge is 2.28. The van der Waals surface area contributed by atoms with Gasteiger partial charge in [0, 0.05) is 19.0 Å². The minimum absolute atomic E-state index is 0.0188. The molecule has 2 atom stereocenters. The molecular weight excluding hydrogens is 206 g/mol. The van der Waals surface area contributed by atoms with Gasteiger partial charge in [-0.25, -0.2) is 4.98 Å². The zero-order chi connectivity index (χ0) is 11.4. The lowest BCUT2D eigenvalue weighted by Gasteiger charge is -2.27. The molecule has 0 radical (unpaired) electrons. The maximum Gasteiger partial charge on any atom is 0.226 e. The Hall–Kier alpha value is -1.36. The van der Waals surface area contributed by atoms with Crippen LogP contribution in [-0.4, -0.2) is 28.6 Å². The van der Waals surface area contributed by atoms with Gasteiger partial charge in [0.05, 0.1) is 18.6 Å². The van der Waals surface area contributed by atoms with E-state index in [1.165, 1.54) is 0 Å². The second-order valence-electron chi connectivity index (χ2n) is 4.08. The van der Waals surface area contributed by atoms with E-state index in [4.69, 9.17) is 4.74 Å². The Kier molecular flexibility index (Phi) is 3.56. The summed E-state index contributed by atoms with van der Waals surface area (Å²) in [6.07, 6.45) is 5.31. The molecule has 1 aromatic heterocycles. The number of rotatable bonds is 3. The lowest BCUT2D eigenvalue weighted by molar-refractivity contribution is -0.133. The van der Waals surface area contributed by atoms with Crippen molar-refractivity contribution in [2.45, 2.75) is 32.4 Å². The molecule has 1 aliphatic heterocycles. The Bertz CT molecular complexity index is 337. The molecule has 2 heterocycles. The predicted octanol–water partition coefficient (Wildman–Crippen LogP) is 0.841. The summed E-state index contributed by atoms with van der Waals surface area (Å²) in [5.41, 5.74) is 0. The molecule has 0 aliphatic carbocycles. The highest BCUT2D eigenvalue weighted by atomic mass is 16.5. The fraction of sp³-hybridized carbons (Fsp3) is 0.636. The number of nitrogens with one attached hydrogen (secondary N) is 2. The molecule has 0 saturated carbocycles.